The lowest BCUT2D eigenvalue weighted by atomic mass is 10.1. The quantitative estimate of drug-likeness (QED) is 0.749. The van der Waals surface area contributed by atoms with E-state index < -0.39 is 36.0 Å². The van der Waals surface area contributed by atoms with Crippen LogP contribution in [0.5, 0.6) is 0 Å². The summed E-state index contributed by atoms with van der Waals surface area (Å²) in [5.41, 5.74) is -0.599. The third-order valence-electron chi connectivity index (χ3n) is 3.64. The van der Waals surface area contributed by atoms with Crippen molar-refractivity contribution >= 4 is 23.6 Å². The van der Waals surface area contributed by atoms with Crippen molar-refractivity contribution in [2.45, 2.75) is 18.3 Å². The lowest BCUT2D eigenvalue weighted by Crippen LogP contribution is -2.39. The van der Waals surface area contributed by atoms with E-state index in [1.165, 1.54) is 12.1 Å². The van der Waals surface area contributed by atoms with Crippen LogP contribution in [0.4, 0.5) is 18.0 Å². The normalized spacial score (nSPS) is 18.2. The van der Waals surface area contributed by atoms with Crippen molar-refractivity contribution in [1.82, 2.24) is 20.6 Å². The number of amides is 2. The summed E-state index contributed by atoms with van der Waals surface area (Å²) in [5.74, 6) is -0.793. The first kappa shape index (κ1) is 18.1. The number of cyclic esters (lactones) is 1. The molecule has 2 amide bonds. The molecule has 0 radical (unpaired) electrons. The minimum Gasteiger partial charge on any atom is -0.434 e. The van der Waals surface area contributed by atoms with Crippen LogP contribution in [0.3, 0.4) is 0 Å². The Hall–Kier alpha value is -2.75. The second-order valence-corrected chi connectivity index (χ2v) is 5.88. The van der Waals surface area contributed by atoms with E-state index in [1.54, 1.807) is 12.1 Å². The molecule has 0 saturated carbocycles. The van der Waals surface area contributed by atoms with Gasteiger partial charge in [0, 0.05) is 5.02 Å². The minimum absolute atomic E-state index is 0.0377. The molecule has 0 bridgehead atoms. The molecule has 26 heavy (non-hydrogen) atoms. The van der Waals surface area contributed by atoms with Crippen LogP contribution in [0, 0.1) is 0 Å². The van der Waals surface area contributed by atoms with Crippen LogP contribution in [0.1, 0.15) is 23.1 Å². The summed E-state index contributed by atoms with van der Waals surface area (Å²) < 4.78 is 43.3. The molecule has 11 heteroatoms. The molecule has 138 valence electrons. The molecule has 1 aliphatic rings. The van der Waals surface area contributed by atoms with Crippen molar-refractivity contribution in [1.29, 1.82) is 0 Å². The fraction of sp³-hybridized carbons (Fsp3) is 0.267. The molecule has 0 aliphatic carbocycles. The third kappa shape index (κ3) is 3.90. The number of hydrogen-bond acceptors (Lipinski definition) is 4. The number of H-pyrrole nitrogens is 1. The van der Waals surface area contributed by atoms with Gasteiger partial charge in [0.25, 0.3) is 5.91 Å². The number of ether oxygens (including phenoxy) is 1. The molecule has 2 unspecified atom stereocenters. The molecular formula is C15H12ClF3N4O3. The number of imidazole rings is 1. The molecule has 2 atom stereocenters. The van der Waals surface area contributed by atoms with Gasteiger partial charge in [-0.05, 0) is 17.7 Å². The van der Waals surface area contributed by atoms with Gasteiger partial charge in [-0.2, -0.15) is 13.2 Å². The first-order valence-corrected chi connectivity index (χ1v) is 7.74. The van der Waals surface area contributed by atoms with Gasteiger partial charge < -0.3 is 20.4 Å². The number of benzene rings is 1. The largest absolute Gasteiger partial charge is 0.434 e. The Morgan fingerprint density at radius 3 is 2.58 bits per heavy atom. The minimum atomic E-state index is -4.61. The zero-order chi connectivity index (χ0) is 18.9. The van der Waals surface area contributed by atoms with Gasteiger partial charge in [0.1, 0.15) is 17.6 Å². The number of nitrogens with zero attached hydrogens (tertiary/aromatic N) is 1. The van der Waals surface area contributed by atoms with Crippen molar-refractivity contribution in [2.75, 3.05) is 6.54 Å². The lowest BCUT2D eigenvalue weighted by Gasteiger charge is -2.19. The summed E-state index contributed by atoms with van der Waals surface area (Å²) in [7, 11) is 0. The van der Waals surface area contributed by atoms with Gasteiger partial charge in [0.2, 0.25) is 0 Å². The number of carbonyl (C=O) groups is 2. The zero-order valence-corrected chi connectivity index (χ0v) is 13.7. The molecule has 1 aromatic carbocycles. The summed E-state index contributed by atoms with van der Waals surface area (Å²) in [6.07, 6.45) is -5.80. The van der Waals surface area contributed by atoms with Crippen LogP contribution >= 0.6 is 11.6 Å². The van der Waals surface area contributed by atoms with E-state index in [9.17, 15) is 22.8 Å². The van der Waals surface area contributed by atoms with Crippen LogP contribution in [0.25, 0.3) is 0 Å². The number of halogens is 4. The van der Waals surface area contributed by atoms with E-state index in [2.05, 4.69) is 20.6 Å². The second-order valence-electron chi connectivity index (χ2n) is 5.45. The van der Waals surface area contributed by atoms with E-state index in [-0.39, 0.29) is 12.4 Å². The standard InChI is InChI=1S/C15H12ClF3N4O3/c16-8-3-1-7(2-4-8)11(12-20-6-10(22-12)15(17,18)19)23-13(24)9-5-21-14(25)26-9/h1-4,6,9,11H,5H2,(H,20,22)(H,21,25)(H,23,24). The van der Waals surface area contributed by atoms with Gasteiger partial charge in [0.05, 0.1) is 12.7 Å². The summed E-state index contributed by atoms with van der Waals surface area (Å²) >= 11 is 5.83. The monoisotopic (exact) mass is 388 g/mol. The highest BCUT2D eigenvalue weighted by Gasteiger charge is 2.35. The smallest absolute Gasteiger partial charge is 0.432 e. The van der Waals surface area contributed by atoms with Crippen molar-refractivity contribution in [3.05, 3.63) is 52.6 Å². The second kappa shape index (κ2) is 6.87. The van der Waals surface area contributed by atoms with Crippen molar-refractivity contribution in [3.63, 3.8) is 0 Å². The average Bonchev–Trinajstić information content (AvgIpc) is 3.22. The number of alkyl carbamates (subject to hydrolysis) is 1. The van der Waals surface area contributed by atoms with Gasteiger partial charge in [-0.15, -0.1) is 0 Å². The van der Waals surface area contributed by atoms with Gasteiger partial charge in [-0.25, -0.2) is 9.78 Å². The Bertz CT molecular complexity index is 822. The van der Waals surface area contributed by atoms with E-state index >= 15 is 0 Å². The van der Waals surface area contributed by atoms with Crippen LogP contribution in [-0.4, -0.2) is 34.6 Å². The van der Waals surface area contributed by atoms with E-state index in [0.29, 0.717) is 16.8 Å². The SMILES string of the molecule is O=C1NCC(C(=O)NC(c2ccc(Cl)cc2)c2ncc(C(F)(F)F)[nH]2)O1. The molecule has 7 nitrogen and oxygen atoms in total. The maximum absolute atomic E-state index is 12.8. The van der Waals surface area contributed by atoms with Crippen molar-refractivity contribution < 1.29 is 27.5 Å². The van der Waals surface area contributed by atoms with Gasteiger partial charge in [-0.1, -0.05) is 23.7 Å². The molecule has 3 rings (SSSR count). The summed E-state index contributed by atoms with van der Waals surface area (Å²) in [6.45, 7) is -0.0377. The molecule has 0 spiro atoms. The topological polar surface area (TPSA) is 96.1 Å². The van der Waals surface area contributed by atoms with Crippen LogP contribution in [0.2, 0.25) is 5.02 Å². The first-order valence-electron chi connectivity index (χ1n) is 7.36. The maximum Gasteiger partial charge on any atom is 0.432 e. The highest BCUT2D eigenvalue weighted by atomic mass is 35.5. The number of aromatic amines is 1. The third-order valence-corrected chi connectivity index (χ3v) is 3.89. The lowest BCUT2D eigenvalue weighted by molar-refractivity contribution is -0.140. The summed E-state index contributed by atoms with van der Waals surface area (Å²) in [4.78, 5) is 29.3. The number of carbonyl (C=O) groups excluding carboxylic acids is 2. The summed E-state index contributed by atoms with van der Waals surface area (Å²) in [6, 6.07) is 5.13. The molecule has 1 fully saturated rings. The highest BCUT2D eigenvalue weighted by molar-refractivity contribution is 6.30. The number of aromatic nitrogens is 2. The summed E-state index contributed by atoms with van der Waals surface area (Å²) in [5, 5.41) is 5.28. The van der Waals surface area contributed by atoms with E-state index in [0.717, 1.165) is 0 Å². The predicted octanol–water partition coefficient (Wildman–Crippen LogP) is 2.40. The fourth-order valence-electron chi connectivity index (χ4n) is 2.36. The Morgan fingerprint density at radius 2 is 2.04 bits per heavy atom. The van der Waals surface area contributed by atoms with Crippen LogP contribution in [0.15, 0.2) is 30.5 Å². The van der Waals surface area contributed by atoms with Crippen molar-refractivity contribution in [2.24, 2.45) is 0 Å². The number of rotatable bonds is 4. The Labute approximate surface area is 149 Å². The molecule has 2 heterocycles. The molecule has 1 aliphatic heterocycles. The number of alkyl halides is 3. The zero-order valence-electron chi connectivity index (χ0n) is 12.9. The Morgan fingerprint density at radius 1 is 1.35 bits per heavy atom. The Balaban J connectivity index is 1.89. The maximum atomic E-state index is 12.8. The molecule has 2 aromatic rings. The van der Waals surface area contributed by atoms with Gasteiger partial charge in [0.15, 0.2) is 6.10 Å². The van der Waals surface area contributed by atoms with Gasteiger partial charge >= 0.3 is 12.3 Å². The molecule has 1 aromatic heterocycles. The van der Waals surface area contributed by atoms with Crippen LogP contribution < -0.4 is 10.6 Å². The fourth-order valence-corrected chi connectivity index (χ4v) is 2.49. The first-order chi connectivity index (χ1) is 12.2. The molecular weight excluding hydrogens is 377 g/mol. The predicted molar refractivity (Wildman–Crippen MR) is 83.3 cm³/mol. The number of nitrogens with one attached hydrogen (secondary N) is 3. The highest BCUT2D eigenvalue weighted by Crippen LogP contribution is 2.30. The van der Waals surface area contributed by atoms with Crippen LogP contribution in [-0.2, 0) is 15.7 Å². The van der Waals surface area contributed by atoms with Gasteiger partial charge in [-0.3, -0.25) is 4.79 Å². The van der Waals surface area contributed by atoms with E-state index in [4.69, 9.17) is 16.3 Å². The Kier molecular flexibility index (Phi) is 4.77. The molecule has 1 saturated heterocycles. The molecule has 3 N–H and O–H groups in total. The average molecular weight is 389 g/mol. The van der Waals surface area contributed by atoms with E-state index in [1.807, 2.05) is 0 Å². The van der Waals surface area contributed by atoms with Crippen molar-refractivity contribution in [3.8, 4) is 0 Å². The number of hydrogen-bond donors (Lipinski definition) is 3.